The van der Waals surface area contributed by atoms with Gasteiger partial charge in [0.2, 0.25) is 5.91 Å². The third kappa shape index (κ3) is 5.46. The summed E-state index contributed by atoms with van der Waals surface area (Å²) in [4.78, 5) is 19.3. The molecular weight excluding hydrogens is 488 g/mol. The number of rotatable bonds is 5. The molecule has 1 aliphatic rings. The Balaban J connectivity index is 1.56. The highest BCUT2D eigenvalue weighted by molar-refractivity contribution is 6.33. The number of nitrogens with zero attached hydrogens (tertiary/aromatic N) is 2. The number of carbonyl (C=O) groups excluding carboxylic acids is 1. The molecule has 1 N–H and O–H groups in total. The summed E-state index contributed by atoms with van der Waals surface area (Å²) in [7, 11) is 0. The van der Waals surface area contributed by atoms with E-state index in [-0.39, 0.29) is 18.3 Å². The van der Waals surface area contributed by atoms with Crippen molar-refractivity contribution in [2.24, 2.45) is 0 Å². The number of benzene rings is 3. The molecule has 0 saturated carbocycles. The number of nitrogens with one attached hydrogen (secondary N) is 1. The molecule has 0 aliphatic carbocycles. The van der Waals surface area contributed by atoms with Crippen molar-refractivity contribution in [3.63, 3.8) is 0 Å². The Bertz CT molecular complexity index is 1410. The van der Waals surface area contributed by atoms with Gasteiger partial charge in [-0.15, -0.1) is 0 Å². The number of fused-ring (bicyclic) bond motifs is 1. The van der Waals surface area contributed by atoms with E-state index in [1.807, 2.05) is 29.2 Å². The fourth-order valence-electron chi connectivity index (χ4n) is 4.20. The summed E-state index contributed by atoms with van der Waals surface area (Å²) >= 11 is 12.8. The maximum absolute atomic E-state index is 14.7. The predicted octanol–water partition coefficient (Wildman–Crippen LogP) is 6.29. The predicted molar refractivity (Wildman–Crippen MR) is 138 cm³/mol. The quantitative estimate of drug-likeness (QED) is 0.321. The van der Waals surface area contributed by atoms with Crippen molar-refractivity contribution in [3.8, 4) is 22.3 Å². The minimum atomic E-state index is -0.357. The summed E-state index contributed by atoms with van der Waals surface area (Å²) in [6.07, 6.45) is 0. The standard InChI is InChI=1S/C27H22Cl2FN3O2/c28-20-5-6-25-19(12-20)15-23(27(29)32-25)18-11-17(22-3-1-2-4-24(22)30)13-21(14-18)31-26(34)16-33-7-9-35-10-8-33/h1-6,11-15H,7-10,16H2,(H,31,34). The number of amides is 1. The molecule has 0 bridgehead atoms. The second kappa shape index (κ2) is 10.3. The van der Waals surface area contributed by atoms with Gasteiger partial charge in [-0.1, -0.05) is 41.4 Å². The molecule has 0 radical (unpaired) electrons. The van der Waals surface area contributed by atoms with Crippen molar-refractivity contribution in [1.29, 1.82) is 0 Å². The van der Waals surface area contributed by atoms with Gasteiger partial charge in [-0.3, -0.25) is 9.69 Å². The Morgan fingerprint density at radius 3 is 2.49 bits per heavy atom. The van der Waals surface area contributed by atoms with Crippen LogP contribution in [0.25, 0.3) is 33.2 Å². The Kier molecular flexibility index (Phi) is 6.97. The number of halogens is 3. The van der Waals surface area contributed by atoms with Crippen LogP contribution in [-0.2, 0) is 9.53 Å². The average molecular weight is 510 g/mol. The van der Waals surface area contributed by atoms with E-state index in [9.17, 15) is 9.18 Å². The van der Waals surface area contributed by atoms with Crippen LogP contribution in [-0.4, -0.2) is 48.6 Å². The molecule has 8 heteroatoms. The van der Waals surface area contributed by atoms with E-state index in [0.717, 1.165) is 5.39 Å². The van der Waals surface area contributed by atoms with Gasteiger partial charge in [-0.25, -0.2) is 9.37 Å². The minimum Gasteiger partial charge on any atom is -0.379 e. The molecule has 1 saturated heterocycles. The van der Waals surface area contributed by atoms with Gasteiger partial charge in [0.05, 0.1) is 25.3 Å². The molecule has 4 aromatic rings. The zero-order chi connectivity index (χ0) is 24.4. The second-order valence-electron chi connectivity index (χ2n) is 8.38. The lowest BCUT2D eigenvalue weighted by Gasteiger charge is -2.25. The monoisotopic (exact) mass is 509 g/mol. The molecule has 0 unspecified atom stereocenters. The lowest BCUT2D eigenvalue weighted by atomic mass is 9.97. The molecule has 1 amide bonds. The molecule has 1 aromatic heterocycles. The highest BCUT2D eigenvalue weighted by atomic mass is 35.5. The van der Waals surface area contributed by atoms with Crippen molar-refractivity contribution in [1.82, 2.24) is 9.88 Å². The third-order valence-electron chi connectivity index (χ3n) is 5.91. The van der Waals surface area contributed by atoms with Crippen molar-refractivity contribution in [2.75, 3.05) is 38.2 Å². The molecular formula is C27H22Cl2FN3O2. The first-order valence-corrected chi connectivity index (χ1v) is 12.0. The zero-order valence-electron chi connectivity index (χ0n) is 18.7. The Morgan fingerprint density at radius 1 is 0.971 bits per heavy atom. The largest absolute Gasteiger partial charge is 0.379 e. The molecule has 1 aliphatic heterocycles. The fourth-order valence-corrected chi connectivity index (χ4v) is 4.63. The van der Waals surface area contributed by atoms with Gasteiger partial charge in [0.15, 0.2) is 0 Å². The maximum atomic E-state index is 14.7. The Labute approximate surface area is 212 Å². The molecule has 0 spiro atoms. The SMILES string of the molecule is O=C(CN1CCOCC1)Nc1cc(-c2ccccc2F)cc(-c2cc3cc(Cl)ccc3nc2Cl)c1. The molecule has 35 heavy (non-hydrogen) atoms. The van der Waals surface area contributed by atoms with Crippen LogP contribution in [0.1, 0.15) is 0 Å². The number of hydrogen-bond acceptors (Lipinski definition) is 4. The fraction of sp³-hybridized carbons (Fsp3) is 0.185. The van der Waals surface area contributed by atoms with Gasteiger partial charge in [-0.2, -0.15) is 0 Å². The van der Waals surface area contributed by atoms with E-state index in [2.05, 4.69) is 10.3 Å². The van der Waals surface area contributed by atoms with Crippen molar-refractivity contribution >= 4 is 45.7 Å². The number of pyridine rings is 1. The smallest absolute Gasteiger partial charge is 0.238 e. The lowest BCUT2D eigenvalue weighted by Crippen LogP contribution is -2.41. The normalized spacial score (nSPS) is 14.3. The van der Waals surface area contributed by atoms with E-state index in [0.29, 0.717) is 69.9 Å². The molecule has 5 nitrogen and oxygen atoms in total. The van der Waals surface area contributed by atoms with Gasteiger partial charge in [0, 0.05) is 40.3 Å². The van der Waals surface area contributed by atoms with E-state index in [1.54, 1.807) is 36.4 Å². The van der Waals surface area contributed by atoms with Gasteiger partial charge in [0.1, 0.15) is 11.0 Å². The summed E-state index contributed by atoms with van der Waals surface area (Å²) < 4.78 is 20.0. The summed E-state index contributed by atoms with van der Waals surface area (Å²) in [5, 5.41) is 4.68. The van der Waals surface area contributed by atoms with Gasteiger partial charge in [0.25, 0.3) is 0 Å². The molecule has 5 rings (SSSR count). The van der Waals surface area contributed by atoms with Crippen LogP contribution in [0, 0.1) is 5.82 Å². The van der Waals surface area contributed by atoms with Crippen LogP contribution in [0.3, 0.4) is 0 Å². The van der Waals surface area contributed by atoms with Gasteiger partial charge < -0.3 is 10.1 Å². The minimum absolute atomic E-state index is 0.155. The van der Waals surface area contributed by atoms with Gasteiger partial charge >= 0.3 is 0 Å². The number of anilines is 1. The van der Waals surface area contributed by atoms with Crippen LogP contribution in [0.15, 0.2) is 66.7 Å². The second-order valence-corrected chi connectivity index (χ2v) is 9.17. The number of morpholine rings is 1. The van der Waals surface area contributed by atoms with Crippen molar-refractivity contribution < 1.29 is 13.9 Å². The third-order valence-corrected chi connectivity index (χ3v) is 6.44. The lowest BCUT2D eigenvalue weighted by molar-refractivity contribution is -0.118. The van der Waals surface area contributed by atoms with Crippen LogP contribution >= 0.6 is 23.2 Å². The molecule has 0 atom stereocenters. The zero-order valence-corrected chi connectivity index (χ0v) is 20.2. The molecule has 2 heterocycles. The highest BCUT2D eigenvalue weighted by Gasteiger charge is 2.17. The van der Waals surface area contributed by atoms with Crippen LogP contribution < -0.4 is 5.32 Å². The van der Waals surface area contributed by atoms with Crippen molar-refractivity contribution in [3.05, 3.63) is 82.7 Å². The van der Waals surface area contributed by atoms with E-state index < -0.39 is 0 Å². The molecule has 1 fully saturated rings. The first kappa shape index (κ1) is 23.7. The number of carbonyl (C=O) groups is 1. The summed E-state index contributed by atoms with van der Waals surface area (Å²) in [5.41, 5.74) is 3.65. The average Bonchev–Trinajstić information content (AvgIpc) is 2.84. The van der Waals surface area contributed by atoms with E-state index in [1.165, 1.54) is 6.07 Å². The van der Waals surface area contributed by atoms with E-state index in [4.69, 9.17) is 27.9 Å². The van der Waals surface area contributed by atoms with Crippen LogP contribution in [0.4, 0.5) is 10.1 Å². The molecule has 3 aromatic carbocycles. The van der Waals surface area contributed by atoms with Crippen LogP contribution in [0.2, 0.25) is 10.2 Å². The summed E-state index contributed by atoms with van der Waals surface area (Å²) in [5.74, 6) is -0.511. The summed E-state index contributed by atoms with van der Waals surface area (Å²) in [6, 6.07) is 19.2. The molecule has 178 valence electrons. The summed E-state index contributed by atoms with van der Waals surface area (Å²) in [6.45, 7) is 2.87. The van der Waals surface area contributed by atoms with Crippen molar-refractivity contribution in [2.45, 2.75) is 0 Å². The Morgan fingerprint density at radius 2 is 1.71 bits per heavy atom. The first-order valence-electron chi connectivity index (χ1n) is 11.2. The highest BCUT2D eigenvalue weighted by Crippen LogP contribution is 2.36. The number of ether oxygens (including phenoxy) is 1. The maximum Gasteiger partial charge on any atom is 0.238 e. The first-order chi connectivity index (χ1) is 17.0. The number of aromatic nitrogens is 1. The topological polar surface area (TPSA) is 54.5 Å². The van der Waals surface area contributed by atoms with E-state index >= 15 is 0 Å². The van der Waals surface area contributed by atoms with Gasteiger partial charge in [-0.05, 0) is 59.7 Å². The Hall–Kier alpha value is -3.03. The number of hydrogen-bond donors (Lipinski definition) is 1. The van der Waals surface area contributed by atoms with Crippen LogP contribution in [0.5, 0.6) is 0 Å².